The molecular formula is C9H19ClN2O. The minimum Gasteiger partial charge on any atom is -0.395 e. The summed E-state index contributed by atoms with van der Waals surface area (Å²) in [6, 6.07) is 0. The standard InChI is InChI=1S/C9H19ClN2O/c10-2-1-3-11-4-6-12(7-5-11)8-9-13/h13H,1-9H2. The second kappa shape index (κ2) is 6.60. The highest BCUT2D eigenvalue weighted by molar-refractivity contribution is 6.17. The first kappa shape index (κ1) is 11.2. The van der Waals surface area contributed by atoms with Crippen molar-refractivity contribution in [1.82, 2.24) is 9.80 Å². The van der Waals surface area contributed by atoms with Gasteiger partial charge in [0.05, 0.1) is 6.61 Å². The van der Waals surface area contributed by atoms with Crippen LogP contribution in [0.1, 0.15) is 6.42 Å². The summed E-state index contributed by atoms with van der Waals surface area (Å²) < 4.78 is 0. The van der Waals surface area contributed by atoms with Gasteiger partial charge in [0.2, 0.25) is 0 Å². The Morgan fingerprint density at radius 1 is 1.00 bits per heavy atom. The molecule has 1 aliphatic heterocycles. The van der Waals surface area contributed by atoms with E-state index in [0.717, 1.165) is 51.6 Å². The third-order valence-electron chi connectivity index (χ3n) is 2.49. The molecule has 1 heterocycles. The van der Waals surface area contributed by atoms with Crippen molar-refractivity contribution >= 4 is 11.6 Å². The van der Waals surface area contributed by atoms with Crippen LogP contribution in [0, 0.1) is 0 Å². The first-order chi connectivity index (χ1) is 6.36. The Hall–Kier alpha value is 0.170. The lowest BCUT2D eigenvalue weighted by Crippen LogP contribution is -2.47. The van der Waals surface area contributed by atoms with Crippen molar-refractivity contribution in [3.05, 3.63) is 0 Å². The zero-order valence-corrected chi connectivity index (χ0v) is 8.84. The number of rotatable bonds is 5. The van der Waals surface area contributed by atoms with Gasteiger partial charge in [-0.2, -0.15) is 0 Å². The minimum absolute atomic E-state index is 0.279. The third kappa shape index (κ3) is 4.27. The lowest BCUT2D eigenvalue weighted by Gasteiger charge is -2.34. The summed E-state index contributed by atoms with van der Waals surface area (Å²) in [6.07, 6.45) is 1.08. The summed E-state index contributed by atoms with van der Waals surface area (Å²) in [5, 5.41) is 8.75. The van der Waals surface area contributed by atoms with Crippen LogP contribution in [0.2, 0.25) is 0 Å². The van der Waals surface area contributed by atoms with Gasteiger partial charge in [-0.3, -0.25) is 4.90 Å². The molecule has 0 radical (unpaired) electrons. The molecule has 1 aliphatic rings. The summed E-state index contributed by atoms with van der Waals surface area (Å²) in [4.78, 5) is 4.74. The maximum Gasteiger partial charge on any atom is 0.0558 e. The van der Waals surface area contributed by atoms with Crippen LogP contribution in [0.15, 0.2) is 0 Å². The van der Waals surface area contributed by atoms with Gasteiger partial charge >= 0.3 is 0 Å². The van der Waals surface area contributed by atoms with Crippen LogP contribution in [0.5, 0.6) is 0 Å². The molecule has 1 fully saturated rings. The first-order valence-corrected chi connectivity index (χ1v) is 5.52. The molecule has 0 unspecified atom stereocenters. The van der Waals surface area contributed by atoms with E-state index in [4.69, 9.17) is 16.7 Å². The van der Waals surface area contributed by atoms with Crippen molar-refractivity contribution in [3.63, 3.8) is 0 Å². The molecule has 1 N–H and O–H groups in total. The normalized spacial score (nSPS) is 20.8. The zero-order chi connectivity index (χ0) is 9.52. The second-order valence-corrected chi connectivity index (χ2v) is 3.83. The average Bonchev–Trinajstić information content (AvgIpc) is 2.17. The van der Waals surface area contributed by atoms with Gasteiger partial charge in [0.1, 0.15) is 0 Å². The van der Waals surface area contributed by atoms with Crippen LogP contribution in [0.4, 0.5) is 0 Å². The van der Waals surface area contributed by atoms with E-state index < -0.39 is 0 Å². The summed E-state index contributed by atoms with van der Waals surface area (Å²) in [6.45, 7) is 6.64. The fraction of sp³-hybridized carbons (Fsp3) is 1.00. The lowest BCUT2D eigenvalue weighted by atomic mass is 10.3. The Morgan fingerprint density at radius 2 is 1.54 bits per heavy atom. The van der Waals surface area contributed by atoms with E-state index in [1.54, 1.807) is 0 Å². The molecule has 0 aromatic rings. The lowest BCUT2D eigenvalue weighted by molar-refractivity contribution is 0.113. The van der Waals surface area contributed by atoms with Gasteiger partial charge in [-0.05, 0) is 13.0 Å². The van der Waals surface area contributed by atoms with Crippen LogP contribution < -0.4 is 0 Å². The molecule has 0 atom stereocenters. The molecule has 1 saturated heterocycles. The topological polar surface area (TPSA) is 26.7 Å². The molecular weight excluding hydrogens is 188 g/mol. The Morgan fingerprint density at radius 3 is 2.00 bits per heavy atom. The summed E-state index contributed by atoms with van der Waals surface area (Å²) in [5.74, 6) is 0.761. The number of aliphatic hydroxyl groups excluding tert-OH is 1. The van der Waals surface area contributed by atoms with Crippen LogP contribution in [0.3, 0.4) is 0 Å². The predicted octanol–water partition coefficient (Wildman–Crippen LogP) is 0.225. The number of halogens is 1. The highest BCUT2D eigenvalue weighted by Gasteiger charge is 2.14. The van der Waals surface area contributed by atoms with E-state index in [1.807, 2.05) is 0 Å². The maximum atomic E-state index is 8.75. The number of piperazine rings is 1. The van der Waals surface area contributed by atoms with E-state index in [-0.39, 0.29) is 6.61 Å². The van der Waals surface area contributed by atoms with Crippen LogP contribution in [-0.2, 0) is 0 Å². The molecule has 0 aromatic heterocycles. The Balaban J connectivity index is 2.08. The number of β-amino-alcohol motifs (C(OH)–C–C–N with tert-alkyl or cyclic N) is 1. The molecule has 0 spiro atoms. The molecule has 0 aromatic carbocycles. The number of hydrogen-bond acceptors (Lipinski definition) is 3. The largest absolute Gasteiger partial charge is 0.395 e. The van der Waals surface area contributed by atoms with Crippen molar-refractivity contribution in [1.29, 1.82) is 0 Å². The SMILES string of the molecule is OCCN1CCN(CCCCl)CC1. The van der Waals surface area contributed by atoms with Crippen LogP contribution >= 0.6 is 11.6 Å². The van der Waals surface area contributed by atoms with Crippen LogP contribution in [0.25, 0.3) is 0 Å². The van der Waals surface area contributed by atoms with Crippen molar-refractivity contribution in [2.75, 3.05) is 51.8 Å². The molecule has 0 bridgehead atoms. The van der Waals surface area contributed by atoms with E-state index in [2.05, 4.69) is 9.80 Å². The van der Waals surface area contributed by atoms with Crippen molar-refractivity contribution in [3.8, 4) is 0 Å². The minimum atomic E-state index is 0.279. The van der Waals surface area contributed by atoms with Gasteiger partial charge in [-0.25, -0.2) is 0 Å². The predicted molar refractivity (Wildman–Crippen MR) is 55.3 cm³/mol. The van der Waals surface area contributed by atoms with Gasteiger partial charge in [-0.15, -0.1) is 11.6 Å². The molecule has 0 amide bonds. The van der Waals surface area contributed by atoms with Gasteiger partial charge in [0, 0.05) is 38.6 Å². The quantitative estimate of drug-likeness (QED) is 0.653. The van der Waals surface area contributed by atoms with Gasteiger partial charge in [-0.1, -0.05) is 0 Å². The van der Waals surface area contributed by atoms with Crippen molar-refractivity contribution in [2.24, 2.45) is 0 Å². The molecule has 0 saturated carbocycles. The van der Waals surface area contributed by atoms with Crippen molar-refractivity contribution in [2.45, 2.75) is 6.42 Å². The van der Waals surface area contributed by atoms with Gasteiger partial charge in [0.15, 0.2) is 0 Å². The monoisotopic (exact) mass is 206 g/mol. The number of nitrogens with zero attached hydrogens (tertiary/aromatic N) is 2. The molecule has 1 rings (SSSR count). The first-order valence-electron chi connectivity index (χ1n) is 4.98. The number of hydrogen-bond donors (Lipinski definition) is 1. The van der Waals surface area contributed by atoms with Gasteiger partial charge in [0.25, 0.3) is 0 Å². The Labute approximate surface area is 85.3 Å². The molecule has 3 nitrogen and oxygen atoms in total. The number of alkyl halides is 1. The zero-order valence-electron chi connectivity index (χ0n) is 8.08. The highest BCUT2D eigenvalue weighted by atomic mass is 35.5. The summed E-state index contributed by atoms with van der Waals surface area (Å²) >= 11 is 5.63. The fourth-order valence-corrected chi connectivity index (χ4v) is 1.78. The van der Waals surface area contributed by atoms with Gasteiger partial charge < -0.3 is 10.0 Å². The Kier molecular flexibility index (Phi) is 5.71. The number of aliphatic hydroxyl groups is 1. The third-order valence-corrected chi connectivity index (χ3v) is 2.76. The van der Waals surface area contributed by atoms with Crippen molar-refractivity contribution < 1.29 is 5.11 Å². The van der Waals surface area contributed by atoms with E-state index in [1.165, 1.54) is 0 Å². The van der Waals surface area contributed by atoms with Crippen LogP contribution in [-0.4, -0.2) is 66.7 Å². The highest BCUT2D eigenvalue weighted by Crippen LogP contribution is 2.02. The molecule has 78 valence electrons. The summed E-state index contributed by atoms with van der Waals surface area (Å²) in [7, 11) is 0. The smallest absolute Gasteiger partial charge is 0.0558 e. The fourth-order valence-electron chi connectivity index (χ4n) is 1.66. The maximum absolute atomic E-state index is 8.75. The molecule has 0 aliphatic carbocycles. The molecule has 13 heavy (non-hydrogen) atoms. The van der Waals surface area contributed by atoms with E-state index in [9.17, 15) is 0 Å². The van der Waals surface area contributed by atoms with E-state index in [0.29, 0.717) is 0 Å². The second-order valence-electron chi connectivity index (χ2n) is 3.45. The molecule has 4 heteroatoms. The van der Waals surface area contributed by atoms with E-state index >= 15 is 0 Å². The average molecular weight is 207 g/mol. The summed E-state index contributed by atoms with van der Waals surface area (Å²) in [5.41, 5.74) is 0. The Bertz CT molecular complexity index is 127.